The highest BCUT2D eigenvalue weighted by Crippen LogP contribution is 2.39. The number of thiophene rings is 1. The molecule has 0 radical (unpaired) electrons. The van der Waals surface area contributed by atoms with Crippen molar-refractivity contribution in [2.45, 2.75) is 50.3 Å². The third-order valence-corrected chi connectivity index (χ3v) is 6.95. The number of nitrogens with one attached hydrogen (secondary N) is 1. The van der Waals surface area contributed by atoms with Crippen molar-refractivity contribution in [2.24, 2.45) is 5.73 Å². The van der Waals surface area contributed by atoms with E-state index in [4.69, 9.17) is 5.73 Å². The first-order valence-electron chi connectivity index (χ1n) is 9.99. The summed E-state index contributed by atoms with van der Waals surface area (Å²) in [7, 11) is 4.29. The number of fused-ring (bicyclic) bond motifs is 3. The number of carbonyl (C=O) groups excluding carboxylic acids is 1. The Hall–Kier alpha value is -2.29. The molecule has 4 rings (SSSR count). The van der Waals surface area contributed by atoms with Crippen molar-refractivity contribution in [3.63, 3.8) is 0 Å². The number of aromatic nitrogens is 2. The molecule has 1 saturated carbocycles. The van der Waals surface area contributed by atoms with E-state index >= 15 is 0 Å². The molecule has 0 spiro atoms. The van der Waals surface area contributed by atoms with E-state index < -0.39 is 12.0 Å². The smallest absolute Gasteiger partial charge is 0.246 e. The van der Waals surface area contributed by atoms with E-state index in [1.54, 1.807) is 17.7 Å². The van der Waals surface area contributed by atoms with Gasteiger partial charge < -0.3 is 21.1 Å². The van der Waals surface area contributed by atoms with Crippen molar-refractivity contribution >= 4 is 43.4 Å². The monoisotopic (exact) mass is 413 g/mol. The van der Waals surface area contributed by atoms with Crippen molar-refractivity contribution in [1.29, 1.82) is 0 Å². The molecule has 1 aromatic carbocycles. The van der Waals surface area contributed by atoms with Gasteiger partial charge in [-0.2, -0.15) is 0 Å². The van der Waals surface area contributed by atoms with E-state index in [1.165, 1.54) is 12.8 Å². The molecule has 0 aliphatic heterocycles. The van der Waals surface area contributed by atoms with Gasteiger partial charge in [0.25, 0.3) is 0 Å². The third-order valence-electron chi connectivity index (χ3n) is 5.89. The van der Waals surface area contributed by atoms with Crippen LogP contribution in [0.3, 0.4) is 0 Å². The van der Waals surface area contributed by atoms with Gasteiger partial charge >= 0.3 is 0 Å². The first-order valence-corrected chi connectivity index (χ1v) is 10.8. The minimum Gasteiger partial charge on any atom is -0.383 e. The summed E-state index contributed by atoms with van der Waals surface area (Å²) < 4.78 is 1.06. The Balaban J connectivity index is 1.69. The average Bonchev–Trinajstić information content (AvgIpc) is 3.09. The number of hydrogen-bond acceptors (Lipinski definition) is 7. The Morgan fingerprint density at radius 2 is 2.03 bits per heavy atom. The topological polar surface area (TPSA) is 104 Å². The normalized spacial score (nSPS) is 21.0. The number of nitrogens with zero attached hydrogens (tertiary/aromatic N) is 3. The van der Waals surface area contributed by atoms with Gasteiger partial charge in [-0.1, -0.05) is 12.1 Å². The van der Waals surface area contributed by atoms with Gasteiger partial charge in [0, 0.05) is 28.6 Å². The van der Waals surface area contributed by atoms with Crippen molar-refractivity contribution < 1.29 is 9.90 Å². The van der Waals surface area contributed by atoms with Gasteiger partial charge in [-0.15, -0.1) is 11.3 Å². The summed E-state index contributed by atoms with van der Waals surface area (Å²) in [6, 6.07) is 6.92. The van der Waals surface area contributed by atoms with E-state index in [2.05, 4.69) is 34.3 Å². The number of aliphatic hydroxyl groups is 1. The highest BCUT2D eigenvalue weighted by Gasteiger charge is 2.24. The second-order valence-corrected chi connectivity index (χ2v) is 9.06. The third kappa shape index (κ3) is 4.05. The lowest BCUT2D eigenvalue weighted by atomic mass is 9.90. The predicted molar refractivity (Wildman–Crippen MR) is 117 cm³/mol. The molecule has 1 fully saturated rings. The summed E-state index contributed by atoms with van der Waals surface area (Å²) in [6.07, 6.45) is 5.11. The van der Waals surface area contributed by atoms with Gasteiger partial charge in [0.1, 0.15) is 23.1 Å². The Kier molecular flexibility index (Phi) is 5.67. The maximum atomic E-state index is 11.4. The van der Waals surface area contributed by atoms with Crippen molar-refractivity contribution in [1.82, 2.24) is 14.9 Å². The van der Waals surface area contributed by atoms with E-state index in [1.807, 2.05) is 18.2 Å². The van der Waals surface area contributed by atoms with Gasteiger partial charge in [0.05, 0.1) is 5.39 Å². The van der Waals surface area contributed by atoms with Crippen LogP contribution in [0.15, 0.2) is 24.5 Å². The molecule has 0 saturated heterocycles. The number of benzene rings is 1. The van der Waals surface area contributed by atoms with Gasteiger partial charge in [0.2, 0.25) is 5.91 Å². The Morgan fingerprint density at radius 3 is 2.72 bits per heavy atom. The second kappa shape index (κ2) is 8.22. The first kappa shape index (κ1) is 20.0. The van der Waals surface area contributed by atoms with Crippen LogP contribution in [0.4, 0.5) is 5.82 Å². The zero-order valence-electron chi connectivity index (χ0n) is 16.8. The molecule has 1 aliphatic carbocycles. The fourth-order valence-corrected chi connectivity index (χ4v) is 5.33. The van der Waals surface area contributed by atoms with Crippen molar-refractivity contribution in [3.8, 4) is 0 Å². The molecule has 1 atom stereocenters. The summed E-state index contributed by atoms with van der Waals surface area (Å²) in [6.45, 7) is 0. The van der Waals surface area contributed by atoms with Crippen molar-refractivity contribution in [2.75, 3.05) is 19.4 Å². The molecule has 1 aliphatic rings. The molecule has 0 bridgehead atoms. The number of hydrogen-bond donors (Lipinski definition) is 3. The highest BCUT2D eigenvalue weighted by molar-refractivity contribution is 7.25. The van der Waals surface area contributed by atoms with Crippen LogP contribution in [0.5, 0.6) is 0 Å². The molecule has 4 N–H and O–H groups in total. The molecule has 2 aromatic heterocycles. The Labute approximate surface area is 173 Å². The number of primary amides is 1. The average molecular weight is 414 g/mol. The van der Waals surface area contributed by atoms with Crippen molar-refractivity contribution in [3.05, 3.63) is 30.1 Å². The van der Waals surface area contributed by atoms with Crippen LogP contribution in [0, 0.1) is 0 Å². The predicted octanol–water partition coefficient (Wildman–Crippen LogP) is 2.52. The molecular formula is C21H27N5O2S. The summed E-state index contributed by atoms with van der Waals surface area (Å²) in [5, 5.41) is 15.6. The SMILES string of the molecule is CN(C)[C@H]1CC[C@H](Nc2ncnc3sc4cccc(C[C@@H](O)C(N)=O)c4c23)CC1. The largest absolute Gasteiger partial charge is 0.383 e. The Bertz CT molecular complexity index is 1030. The van der Waals surface area contributed by atoms with Crippen LogP contribution in [-0.2, 0) is 11.2 Å². The molecule has 1 amide bonds. The van der Waals surface area contributed by atoms with Crippen LogP contribution in [0.1, 0.15) is 31.2 Å². The summed E-state index contributed by atoms with van der Waals surface area (Å²) in [4.78, 5) is 23.6. The highest BCUT2D eigenvalue weighted by atomic mass is 32.1. The minimum absolute atomic E-state index is 0.181. The fourth-order valence-electron chi connectivity index (χ4n) is 4.24. The lowest BCUT2D eigenvalue weighted by molar-refractivity contribution is -0.125. The molecule has 2 heterocycles. The maximum Gasteiger partial charge on any atom is 0.246 e. The fraction of sp³-hybridized carbons (Fsp3) is 0.476. The van der Waals surface area contributed by atoms with Gasteiger partial charge in [0.15, 0.2) is 0 Å². The Morgan fingerprint density at radius 1 is 1.28 bits per heavy atom. The van der Waals surface area contributed by atoms with Crippen LogP contribution >= 0.6 is 11.3 Å². The second-order valence-electron chi connectivity index (χ2n) is 8.03. The number of amides is 1. The quantitative estimate of drug-likeness (QED) is 0.574. The number of rotatable bonds is 6. The summed E-state index contributed by atoms with van der Waals surface area (Å²) >= 11 is 1.60. The van der Waals surface area contributed by atoms with E-state index in [9.17, 15) is 9.90 Å². The molecule has 7 nitrogen and oxygen atoms in total. The van der Waals surface area contributed by atoms with Gasteiger partial charge in [-0.3, -0.25) is 4.79 Å². The number of anilines is 1. The number of nitrogens with two attached hydrogens (primary N) is 1. The van der Waals surface area contributed by atoms with Crippen LogP contribution < -0.4 is 11.1 Å². The zero-order valence-corrected chi connectivity index (χ0v) is 17.6. The minimum atomic E-state index is -1.21. The van der Waals surface area contributed by atoms with Crippen LogP contribution in [-0.4, -0.2) is 58.2 Å². The molecule has 8 heteroatoms. The number of aliphatic hydroxyl groups excluding tert-OH is 1. The van der Waals surface area contributed by atoms with Gasteiger partial charge in [-0.25, -0.2) is 9.97 Å². The molecule has 154 valence electrons. The standard InChI is InChI=1S/C21H27N5O2S/c1-26(2)14-8-6-13(7-9-14)25-20-18-17-12(10-15(27)19(22)28)4-3-5-16(17)29-21(18)24-11-23-20/h3-5,11,13-15,27H,6-10H2,1-2H3,(H2,22,28)(H,23,24,25)/t13-,14-,15-/m1/s1. The molecule has 0 unspecified atom stereocenters. The van der Waals surface area contributed by atoms with Gasteiger partial charge in [-0.05, 0) is 51.4 Å². The summed E-state index contributed by atoms with van der Waals surface area (Å²) in [5.74, 6) is 0.115. The molecule has 3 aromatic rings. The van der Waals surface area contributed by atoms with E-state index in [0.29, 0.717) is 12.1 Å². The van der Waals surface area contributed by atoms with E-state index in [-0.39, 0.29) is 6.42 Å². The lowest BCUT2D eigenvalue weighted by Gasteiger charge is -2.33. The number of carbonyl (C=O) groups is 1. The van der Waals surface area contributed by atoms with E-state index in [0.717, 1.165) is 44.5 Å². The first-order chi connectivity index (χ1) is 13.9. The van der Waals surface area contributed by atoms with Crippen LogP contribution in [0.25, 0.3) is 20.3 Å². The lowest BCUT2D eigenvalue weighted by Crippen LogP contribution is -2.36. The summed E-state index contributed by atoms with van der Waals surface area (Å²) in [5.41, 5.74) is 6.16. The molecular weight excluding hydrogens is 386 g/mol. The molecule has 29 heavy (non-hydrogen) atoms. The maximum absolute atomic E-state index is 11.4. The zero-order chi connectivity index (χ0) is 20.5. The van der Waals surface area contributed by atoms with Crippen LogP contribution in [0.2, 0.25) is 0 Å².